The highest BCUT2D eigenvalue weighted by Gasteiger charge is 2.27. The average Bonchev–Trinajstić information content (AvgIpc) is 2.82. The normalized spacial score (nSPS) is 18.1. The van der Waals surface area contributed by atoms with Crippen LogP contribution in [0, 0.1) is 0 Å². The maximum Gasteiger partial charge on any atom is 0.214 e. The number of hydrogen-bond acceptors (Lipinski definition) is 3. The van der Waals surface area contributed by atoms with Gasteiger partial charge >= 0.3 is 0 Å². The van der Waals surface area contributed by atoms with Gasteiger partial charge in [0.25, 0.3) is 0 Å². The number of hydrogen-bond donors (Lipinski definition) is 1. The molecule has 128 valence electrons. The second-order valence-corrected chi connectivity index (χ2v) is 8.05. The zero-order valence-corrected chi connectivity index (χ0v) is 15.1. The largest absolute Gasteiger partial charge is 0.355 e. The fourth-order valence-corrected chi connectivity index (χ4v) is 4.35. The van der Waals surface area contributed by atoms with Crippen LogP contribution >= 0.6 is 11.6 Å². The molecular weight excluding hydrogens is 336 g/mol. The van der Waals surface area contributed by atoms with Crippen LogP contribution in [0.3, 0.4) is 0 Å². The maximum absolute atomic E-state index is 11.8. The summed E-state index contributed by atoms with van der Waals surface area (Å²) < 4.78 is 25.0. The Labute approximate surface area is 143 Å². The minimum absolute atomic E-state index is 0.260. The molecule has 23 heavy (non-hydrogen) atoms. The predicted molar refractivity (Wildman–Crippen MR) is 94.3 cm³/mol. The van der Waals surface area contributed by atoms with E-state index in [9.17, 15) is 8.42 Å². The molecule has 1 aliphatic rings. The summed E-state index contributed by atoms with van der Waals surface area (Å²) in [4.78, 5) is 6.21. The zero-order valence-electron chi connectivity index (χ0n) is 13.5. The molecule has 0 atom stereocenters. The van der Waals surface area contributed by atoms with Crippen molar-refractivity contribution in [3.8, 4) is 0 Å². The van der Waals surface area contributed by atoms with Crippen LogP contribution in [0.4, 0.5) is 0 Å². The molecule has 1 aromatic rings. The lowest BCUT2D eigenvalue weighted by molar-refractivity contribution is 0.432. The Morgan fingerprint density at radius 1 is 1.48 bits per heavy atom. The summed E-state index contributed by atoms with van der Waals surface area (Å²) in [5, 5.41) is 3.91. The molecule has 0 amide bonds. The molecule has 0 radical (unpaired) electrons. The minimum Gasteiger partial charge on any atom is -0.355 e. The Bertz CT molecular complexity index is 663. The van der Waals surface area contributed by atoms with Crippen molar-refractivity contribution in [1.82, 2.24) is 14.5 Å². The summed E-state index contributed by atoms with van der Waals surface area (Å²) in [6, 6.07) is 7.68. The number of aliphatic imine (C=N–C) groups is 1. The Hall–Kier alpha value is -1.31. The minimum atomic E-state index is -3.04. The van der Waals surface area contributed by atoms with Crippen molar-refractivity contribution in [3.05, 3.63) is 34.9 Å². The lowest BCUT2D eigenvalue weighted by atomic mass is 10.2. The topological polar surface area (TPSA) is 65.0 Å². The van der Waals surface area contributed by atoms with E-state index in [4.69, 9.17) is 11.6 Å². The summed E-state index contributed by atoms with van der Waals surface area (Å²) >= 11 is 6.00. The van der Waals surface area contributed by atoms with Gasteiger partial charge in [0.05, 0.1) is 5.75 Å². The third-order valence-corrected chi connectivity index (χ3v) is 5.92. The second-order valence-electron chi connectivity index (χ2n) is 5.53. The molecule has 0 aliphatic carbocycles. The number of sulfonamides is 1. The van der Waals surface area contributed by atoms with Gasteiger partial charge in [-0.15, -0.1) is 0 Å². The van der Waals surface area contributed by atoms with Gasteiger partial charge in [0.15, 0.2) is 5.96 Å². The molecule has 6 nitrogen and oxygen atoms in total. The highest BCUT2D eigenvalue weighted by Crippen LogP contribution is 2.13. The third-order valence-electron chi connectivity index (χ3n) is 3.73. The van der Waals surface area contributed by atoms with Gasteiger partial charge in [0, 0.05) is 45.3 Å². The van der Waals surface area contributed by atoms with Crippen LogP contribution in [-0.2, 0) is 16.6 Å². The van der Waals surface area contributed by atoms with Crippen molar-refractivity contribution in [1.29, 1.82) is 0 Å². The van der Waals surface area contributed by atoms with Gasteiger partial charge in [-0.1, -0.05) is 23.7 Å². The highest BCUT2D eigenvalue weighted by molar-refractivity contribution is 7.89. The van der Waals surface area contributed by atoms with Crippen LogP contribution in [0.1, 0.15) is 12.0 Å². The van der Waals surface area contributed by atoms with Gasteiger partial charge in [0.1, 0.15) is 0 Å². The van der Waals surface area contributed by atoms with E-state index in [1.165, 1.54) is 4.31 Å². The molecule has 1 aromatic carbocycles. The van der Waals surface area contributed by atoms with Crippen LogP contribution in [0.2, 0.25) is 5.02 Å². The van der Waals surface area contributed by atoms with Crippen LogP contribution in [0.5, 0.6) is 0 Å². The van der Waals surface area contributed by atoms with Crippen molar-refractivity contribution in [3.63, 3.8) is 0 Å². The Morgan fingerprint density at radius 3 is 2.87 bits per heavy atom. The van der Waals surface area contributed by atoms with E-state index in [1.807, 2.05) is 36.2 Å². The van der Waals surface area contributed by atoms with Crippen molar-refractivity contribution < 1.29 is 8.42 Å². The number of nitrogens with one attached hydrogen (secondary N) is 1. The van der Waals surface area contributed by atoms with Crippen LogP contribution < -0.4 is 5.32 Å². The first-order chi connectivity index (χ1) is 10.9. The van der Waals surface area contributed by atoms with Gasteiger partial charge in [-0.3, -0.25) is 4.99 Å². The summed E-state index contributed by atoms with van der Waals surface area (Å²) in [6.45, 7) is 2.28. The summed E-state index contributed by atoms with van der Waals surface area (Å²) in [5.41, 5.74) is 1.09. The number of halogens is 1. The van der Waals surface area contributed by atoms with Crippen molar-refractivity contribution in [2.24, 2.45) is 4.99 Å². The molecule has 1 heterocycles. The quantitative estimate of drug-likeness (QED) is 0.638. The fraction of sp³-hybridized carbons (Fsp3) is 0.533. The predicted octanol–water partition coefficient (Wildman–Crippen LogP) is 1.38. The summed E-state index contributed by atoms with van der Waals surface area (Å²) in [5.74, 6) is 0.984. The van der Waals surface area contributed by atoms with Crippen LogP contribution in [0.15, 0.2) is 29.3 Å². The van der Waals surface area contributed by atoms with E-state index < -0.39 is 10.0 Å². The van der Waals surface area contributed by atoms with E-state index in [-0.39, 0.29) is 5.75 Å². The molecule has 1 aliphatic heterocycles. The van der Waals surface area contributed by atoms with E-state index in [1.54, 1.807) is 7.05 Å². The molecular formula is C15H23ClN4O2S. The molecule has 1 saturated heterocycles. The lowest BCUT2D eigenvalue weighted by Gasteiger charge is -2.23. The van der Waals surface area contributed by atoms with Gasteiger partial charge in [-0.05, 0) is 24.1 Å². The van der Waals surface area contributed by atoms with Gasteiger partial charge in [0.2, 0.25) is 10.0 Å². The molecule has 2 rings (SSSR count). The molecule has 1 N–H and O–H groups in total. The van der Waals surface area contributed by atoms with Crippen molar-refractivity contribution in [2.75, 3.05) is 39.5 Å². The number of rotatable bonds is 5. The SMILES string of the molecule is CN=C(NCCN1CCCS1(=O)=O)N(C)Cc1cccc(Cl)c1. The smallest absolute Gasteiger partial charge is 0.214 e. The lowest BCUT2D eigenvalue weighted by Crippen LogP contribution is -2.42. The van der Waals surface area contributed by atoms with E-state index in [0.29, 0.717) is 37.6 Å². The van der Waals surface area contributed by atoms with E-state index in [2.05, 4.69) is 10.3 Å². The highest BCUT2D eigenvalue weighted by atomic mass is 35.5. The average molecular weight is 359 g/mol. The summed E-state index contributed by atoms with van der Waals surface area (Å²) in [7, 11) is 0.605. The van der Waals surface area contributed by atoms with Crippen LogP contribution in [0.25, 0.3) is 0 Å². The number of nitrogens with zero attached hydrogens (tertiary/aromatic N) is 3. The molecule has 0 unspecified atom stereocenters. The first-order valence-electron chi connectivity index (χ1n) is 7.56. The molecule has 0 aromatic heterocycles. The second kappa shape index (κ2) is 7.99. The monoisotopic (exact) mass is 358 g/mol. The third kappa shape index (κ3) is 5.09. The Balaban J connectivity index is 1.85. The van der Waals surface area contributed by atoms with Gasteiger partial charge < -0.3 is 10.2 Å². The van der Waals surface area contributed by atoms with Crippen LogP contribution in [-0.4, -0.2) is 63.1 Å². The molecule has 1 fully saturated rings. The van der Waals surface area contributed by atoms with Gasteiger partial charge in [-0.25, -0.2) is 12.7 Å². The maximum atomic E-state index is 11.8. The van der Waals surface area contributed by atoms with Gasteiger partial charge in [-0.2, -0.15) is 0 Å². The zero-order chi connectivity index (χ0) is 16.9. The number of benzene rings is 1. The summed E-state index contributed by atoms with van der Waals surface area (Å²) in [6.07, 6.45) is 0.714. The Morgan fingerprint density at radius 2 is 2.26 bits per heavy atom. The molecule has 0 bridgehead atoms. The molecule has 8 heteroatoms. The Kier molecular flexibility index (Phi) is 6.26. The van der Waals surface area contributed by atoms with E-state index >= 15 is 0 Å². The van der Waals surface area contributed by atoms with Crippen molar-refractivity contribution >= 4 is 27.6 Å². The fourth-order valence-electron chi connectivity index (χ4n) is 2.60. The van der Waals surface area contributed by atoms with Crippen molar-refractivity contribution in [2.45, 2.75) is 13.0 Å². The molecule has 0 saturated carbocycles. The molecule has 0 spiro atoms. The first-order valence-corrected chi connectivity index (χ1v) is 9.55. The van der Waals surface area contributed by atoms with E-state index in [0.717, 1.165) is 11.5 Å². The standard InChI is InChI=1S/C15H23ClN4O2S/c1-17-15(18-7-9-20-8-4-10-23(20,21)22)19(2)12-13-5-3-6-14(16)11-13/h3,5-6,11H,4,7-10,12H2,1-2H3,(H,17,18). The first kappa shape index (κ1) is 18.0. The number of guanidine groups is 1.